The number of pyridine rings is 1. The standard InChI is InChI=1S/C15H13N3O3/c19-14-11(7-4-8-16-14)17-15(20)12-9-13(21-18-12)10-5-2-1-3-6-10/h1-8,13H,9H2,(H,16,19)(H,17,20). The normalized spacial score (nSPS) is 17.0. The monoisotopic (exact) mass is 283 g/mol. The first-order valence-corrected chi connectivity index (χ1v) is 6.51. The molecule has 21 heavy (non-hydrogen) atoms. The maximum absolute atomic E-state index is 12.1. The fourth-order valence-corrected chi connectivity index (χ4v) is 2.07. The molecule has 1 atom stereocenters. The zero-order valence-electron chi connectivity index (χ0n) is 11.1. The highest BCUT2D eigenvalue weighted by molar-refractivity contribution is 6.43. The average molecular weight is 283 g/mol. The van der Waals surface area contributed by atoms with Gasteiger partial charge in [0.2, 0.25) is 0 Å². The first-order valence-electron chi connectivity index (χ1n) is 6.51. The third kappa shape index (κ3) is 2.84. The Labute approximate surface area is 120 Å². The van der Waals surface area contributed by atoms with Gasteiger partial charge in [-0.2, -0.15) is 0 Å². The van der Waals surface area contributed by atoms with Crippen molar-refractivity contribution >= 4 is 17.3 Å². The van der Waals surface area contributed by atoms with Gasteiger partial charge in [-0.1, -0.05) is 35.5 Å². The fraction of sp³-hybridized carbons (Fsp3) is 0.133. The molecule has 2 heterocycles. The van der Waals surface area contributed by atoms with E-state index in [-0.39, 0.29) is 23.1 Å². The van der Waals surface area contributed by atoms with E-state index in [0.29, 0.717) is 6.42 Å². The van der Waals surface area contributed by atoms with Gasteiger partial charge in [0.1, 0.15) is 11.4 Å². The van der Waals surface area contributed by atoms with Gasteiger partial charge in [-0.25, -0.2) is 0 Å². The van der Waals surface area contributed by atoms with Crippen LogP contribution in [0.15, 0.2) is 58.6 Å². The fourth-order valence-electron chi connectivity index (χ4n) is 2.07. The van der Waals surface area contributed by atoms with E-state index in [1.165, 1.54) is 12.3 Å². The molecule has 1 aliphatic rings. The largest absolute Gasteiger partial charge is 0.387 e. The average Bonchev–Trinajstić information content (AvgIpc) is 3.00. The van der Waals surface area contributed by atoms with E-state index in [4.69, 9.17) is 4.84 Å². The summed E-state index contributed by atoms with van der Waals surface area (Å²) in [5, 5.41) is 6.34. The topological polar surface area (TPSA) is 83.5 Å². The number of anilines is 1. The van der Waals surface area contributed by atoms with Crippen LogP contribution in [0.2, 0.25) is 0 Å². The highest BCUT2D eigenvalue weighted by Gasteiger charge is 2.27. The Morgan fingerprint density at radius 2 is 2.05 bits per heavy atom. The summed E-state index contributed by atoms with van der Waals surface area (Å²) in [4.78, 5) is 31.4. The molecular weight excluding hydrogens is 270 g/mol. The van der Waals surface area contributed by atoms with Crippen molar-refractivity contribution in [1.29, 1.82) is 0 Å². The van der Waals surface area contributed by atoms with E-state index < -0.39 is 5.91 Å². The highest BCUT2D eigenvalue weighted by atomic mass is 16.6. The Kier molecular flexibility index (Phi) is 3.51. The molecule has 1 aliphatic heterocycles. The van der Waals surface area contributed by atoms with Crippen LogP contribution in [-0.4, -0.2) is 16.6 Å². The molecule has 0 fully saturated rings. The third-order valence-electron chi connectivity index (χ3n) is 3.17. The molecule has 0 saturated carbocycles. The number of nitrogens with zero attached hydrogens (tertiary/aromatic N) is 1. The van der Waals surface area contributed by atoms with Crippen molar-refractivity contribution in [2.75, 3.05) is 5.32 Å². The number of hydrogen-bond donors (Lipinski definition) is 2. The lowest BCUT2D eigenvalue weighted by atomic mass is 10.0. The molecule has 0 radical (unpaired) electrons. The van der Waals surface area contributed by atoms with Crippen LogP contribution in [0.1, 0.15) is 18.1 Å². The lowest BCUT2D eigenvalue weighted by molar-refractivity contribution is -0.110. The maximum Gasteiger partial charge on any atom is 0.273 e. The van der Waals surface area contributed by atoms with Gasteiger partial charge in [0.15, 0.2) is 6.10 Å². The molecule has 1 unspecified atom stereocenters. The zero-order chi connectivity index (χ0) is 14.7. The summed E-state index contributed by atoms with van der Waals surface area (Å²) >= 11 is 0. The SMILES string of the molecule is O=C(Nc1ccc[nH]c1=O)C1=NOC(c2ccccc2)C1. The number of aromatic amines is 1. The van der Waals surface area contributed by atoms with Crippen molar-refractivity contribution in [3.05, 3.63) is 64.6 Å². The molecule has 1 aromatic heterocycles. The molecule has 0 spiro atoms. The summed E-state index contributed by atoms with van der Waals surface area (Å²) in [7, 11) is 0. The second-order valence-electron chi connectivity index (χ2n) is 4.61. The van der Waals surface area contributed by atoms with Gasteiger partial charge >= 0.3 is 0 Å². The summed E-state index contributed by atoms with van der Waals surface area (Å²) in [6, 6.07) is 12.7. The van der Waals surface area contributed by atoms with Gasteiger partial charge in [0, 0.05) is 12.6 Å². The van der Waals surface area contributed by atoms with Crippen LogP contribution >= 0.6 is 0 Å². The van der Waals surface area contributed by atoms with Crippen molar-refractivity contribution in [3.8, 4) is 0 Å². The Morgan fingerprint density at radius 3 is 2.81 bits per heavy atom. The van der Waals surface area contributed by atoms with Crippen LogP contribution < -0.4 is 10.9 Å². The van der Waals surface area contributed by atoms with E-state index in [0.717, 1.165) is 5.56 Å². The van der Waals surface area contributed by atoms with Crippen LogP contribution in [0.25, 0.3) is 0 Å². The van der Waals surface area contributed by atoms with Gasteiger partial charge in [-0.3, -0.25) is 9.59 Å². The molecule has 2 aromatic rings. The van der Waals surface area contributed by atoms with E-state index in [1.807, 2.05) is 30.3 Å². The van der Waals surface area contributed by atoms with Crippen LogP contribution in [0.5, 0.6) is 0 Å². The maximum atomic E-state index is 12.1. The van der Waals surface area contributed by atoms with Crippen molar-refractivity contribution < 1.29 is 9.63 Å². The second-order valence-corrected chi connectivity index (χ2v) is 4.61. The second kappa shape index (κ2) is 5.62. The summed E-state index contributed by atoms with van der Waals surface area (Å²) in [5.74, 6) is -0.426. The summed E-state index contributed by atoms with van der Waals surface area (Å²) in [5.41, 5.74) is 1.06. The minimum Gasteiger partial charge on any atom is -0.387 e. The van der Waals surface area contributed by atoms with Gasteiger partial charge < -0.3 is 15.1 Å². The molecule has 2 N–H and O–H groups in total. The van der Waals surface area contributed by atoms with Crippen molar-refractivity contribution in [2.24, 2.45) is 5.16 Å². The Balaban J connectivity index is 1.68. The summed E-state index contributed by atoms with van der Waals surface area (Å²) < 4.78 is 0. The molecule has 1 aromatic carbocycles. The minimum atomic E-state index is -0.426. The van der Waals surface area contributed by atoms with Gasteiger partial charge in [-0.05, 0) is 17.7 Å². The first-order chi connectivity index (χ1) is 10.2. The smallest absolute Gasteiger partial charge is 0.273 e. The van der Waals surface area contributed by atoms with E-state index in [9.17, 15) is 9.59 Å². The quantitative estimate of drug-likeness (QED) is 0.901. The Bertz CT molecular complexity index is 737. The number of carbonyl (C=O) groups is 1. The number of oxime groups is 1. The van der Waals surface area contributed by atoms with E-state index >= 15 is 0 Å². The van der Waals surface area contributed by atoms with Crippen LogP contribution in [0.3, 0.4) is 0 Å². The van der Waals surface area contributed by atoms with Crippen molar-refractivity contribution in [2.45, 2.75) is 12.5 Å². The molecule has 0 aliphatic carbocycles. The predicted molar refractivity (Wildman–Crippen MR) is 78.0 cm³/mol. The minimum absolute atomic E-state index is 0.188. The van der Waals surface area contributed by atoms with E-state index in [1.54, 1.807) is 6.07 Å². The first kappa shape index (κ1) is 13.1. The number of hydrogen-bond acceptors (Lipinski definition) is 4. The third-order valence-corrected chi connectivity index (χ3v) is 3.17. The molecule has 6 heteroatoms. The Hall–Kier alpha value is -2.89. The lowest BCUT2D eigenvalue weighted by Crippen LogP contribution is -2.25. The van der Waals surface area contributed by atoms with Crippen LogP contribution in [-0.2, 0) is 9.63 Å². The molecule has 1 amide bonds. The summed E-state index contributed by atoms with van der Waals surface area (Å²) in [6.45, 7) is 0. The number of benzene rings is 1. The van der Waals surface area contributed by atoms with Crippen molar-refractivity contribution in [3.63, 3.8) is 0 Å². The van der Waals surface area contributed by atoms with Crippen LogP contribution in [0.4, 0.5) is 5.69 Å². The van der Waals surface area contributed by atoms with Gasteiger partial charge in [0.25, 0.3) is 11.5 Å². The van der Waals surface area contributed by atoms with E-state index in [2.05, 4.69) is 15.5 Å². The summed E-state index contributed by atoms with van der Waals surface area (Å²) in [6.07, 6.45) is 1.61. The molecule has 6 nitrogen and oxygen atoms in total. The highest BCUT2D eigenvalue weighted by Crippen LogP contribution is 2.27. The molecular formula is C15H13N3O3. The zero-order valence-corrected chi connectivity index (χ0v) is 11.1. The van der Waals surface area contributed by atoms with Crippen molar-refractivity contribution in [1.82, 2.24) is 4.98 Å². The number of aromatic nitrogens is 1. The number of carbonyl (C=O) groups excluding carboxylic acids is 1. The van der Waals surface area contributed by atoms with Gasteiger partial charge in [0.05, 0.1) is 0 Å². The molecule has 3 rings (SSSR count). The Morgan fingerprint density at radius 1 is 1.24 bits per heavy atom. The number of H-pyrrole nitrogens is 1. The number of rotatable bonds is 3. The number of amides is 1. The molecule has 106 valence electrons. The molecule has 0 bridgehead atoms. The van der Waals surface area contributed by atoms with Crippen LogP contribution in [0, 0.1) is 0 Å². The number of nitrogens with one attached hydrogen (secondary N) is 2. The molecule has 0 saturated heterocycles. The lowest BCUT2D eigenvalue weighted by Gasteiger charge is -2.07. The van der Waals surface area contributed by atoms with Gasteiger partial charge in [-0.15, -0.1) is 0 Å². The predicted octanol–water partition coefficient (Wildman–Crippen LogP) is 1.83.